The molecule has 1 fully saturated rings. The topological polar surface area (TPSA) is 20.2 Å². The molecule has 0 spiro atoms. The van der Waals surface area contributed by atoms with Crippen molar-refractivity contribution in [1.82, 2.24) is 0 Å². The molecule has 1 N–H and O–H groups in total. The summed E-state index contributed by atoms with van der Waals surface area (Å²) in [5.74, 6) is -0.181. The lowest BCUT2D eigenvalue weighted by atomic mass is 10.1. The zero-order chi connectivity index (χ0) is 10.2. The highest BCUT2D eigenvalue weighted by Crippen LogP contribution is 2.38. The van der Waals surface area contributed by atoms with E-state index >= 15 is 0 Å². The Kier molecular flexibility index (Phi) is 2.54. The largest absolute Gasteiger partial charge is 0.390 e. The second kappa shape index (κ2) is 3.55. The first-order chi connectivity index (χ1) is 6.63. The van der Waals surface area contributed by atoms with Crippen LogP contribution < -0.4 is 0 Å². The van der Waals surface area contributed by atoms with Crippen LogP contribution in [0.1, 0.15) is 18.4 Å². The lowest BCUT2D eigenvalue weighted by Crippen LogP contribution is -2.10. The lowest BCUT2D eigenvalue weighted by Gasteiger charge is -2.08. The molecule has 1 aliphatic rings. The number of thioether (sulfide) groups is 1. The summed E-state index contributed by atoms with van der Waals surface area (Å²) in [5.41, 5.74) is 0.355. The van der Waals surface area contributed by atoms with Gasteiger partial charge in [-0.1, -0.05) is 6.07 Å². The molecular weight excluding hydrogens is 199 g/mol. The SMILES string of the molecule is CSc1ccc(CC2(O)CC2)cc1F. The molecule has 1 saturated carbocycles. The lowest BCUT2D eigenvalue weighted by molar-refractivity contribution is 0.151. The van der Waals surface area contributed by atoms with E-state index in [-0.39, 0.29) is 5.82 Å². The molecule has 0 atom stereocenters. The fourth-order valence-corrected chi connectivity index (χ4v) is 1.98. The Morgan fingerprint density at radius 2 is 2.21 bits per heavy atom. The van der Waals surface area contributed by atoms with Gasteiger partial charge >= 0.3 is 0 Å². The Bertz CT molecular complexity index is 347. The van der Waals surface area contributed by atoms with Crippen LogP contribution in [0.25, 0.3) is 0 Å². The van der Waals surface area contributed by atoms with Crippen LogP contribution in [0.5, 0.6) is 0 Å². The quantitative estimate of drug-likeness (QED) is 0.777. The van der Waals surface area contributed by atoms with Crippen molar-refractivity contribution in [2.24, 2.45) is 0 Å². The van der Waals surface area contributed by atoms with E-state index in [9.17, 15) is 9.50 Å². The molecule has 0 heterocycles. The van der Waals surface area contributed by atoms with E-state index in [1.54, 1.807) is 6.07 Å². The molecule has 0 bridgehead atoms. The summed E-state index contributed by atoms with van der Waals surface area (Å²) < 4.78 is 13.3. The van der Waals surface area contributed by atoms with Crippen LogP contribution in [-0.2, 0) is 6.42 Å². The Hall–Kier alpha value is -0.540. The standard InChI is InChI=1S/C11H13FOS/c1-14-10-3-2-8(6-9(10)12)7-11(13)4-5-11/h2-3,6,13H,4-5,7H2,1H3. The van der Waals surface area contributed by atoms with E-state index in [1.807, 2.05) is 12.3 Å². The first-order valence-electron chi connectivity index (χ1n) is 4.68. The maximum Gasteiger partial charge on any atom is 0.137 e. The first-order valence-corrected chi connectivity index (χ1v) is 5.90. The summed E-state index contributed by atoms with van der Waals surface area (Å²) in [5, 5.41) is 9.67. The van der Waals surface area contributed by atoms with Crippen molar-refractivity contribution in [1.29, 1.82) is 0 Å². The number of hydrogen-bond donors (Lipinski definition) is 1. The summed E-state index contributed by atoms with van der Waals surface area (Å²) in [6, 6.07) is 5.20. The highest BCUT2D eigenvalue weighted by atomic mass is 32.2. The van der Waals surface area contributed by atoms with Crippen LogP contribution in [0.15, 0.2) is 23.1 Å². The Labute approximate surface area is 87.3 Å². The van der Waals surface area contributed by atoms with Crippen LogP contribution in [0, 0.1) is 5.82 Å². The van der Waals surface area contributed by atoms with E-state index in [4.69, 9.17) is 0 Å². The maximum atomic E-state index is 13.3. The van der Waals surface area contributed by atoms with Crippen molar-refractivity contribution in [3.05, 3.63) is 29.6 Å². The van der Waals surface area contributed by atoms with Gasteiger partial charge in [-0.2, -0.15) is 0 Å². The number of rotatable bonds is 3. The van der Waals surface area contributed by atoms with Gasteiger partial charge in [-0.15, -0.1) is 11.8 Å². The predicted molar refractivity (Wildman–Crippen MR) is 56.1 cm³/mol. The smallest absolute Gasteiger partial charge is 0.137 e. The van der Waals surface area contributed by atoms with Gasteiger partial charge in [0, 0.05) is 11.3 Å². The third-order valence-corrected chi connectivity index (χ3v) is 3.35. The molecule has 1 aromatic rings. The second-order valence-electron chi connectivity index (χ2n) is 3.87. The fraction of sp³-hybridized carbons (Fsp3) is 0.455. The number of halogens is 1. The van der Waals surface area contributed by atoms with Crippen LogP contribution >= 0.6 is 11.8 Å². The van der Waals surface area contributed by atoms with Gasteiger partial charge in [0.25, 0.3) is 0 Å². The van der Waals surface area contributed by atoms with Crippen molar-refractivity contribution < 1.29 is 9.50 Å². The molecule has 2 rings (SSSR count). The van der Waals surface area contributed by atoms with Gasteiger partial charge in [0.05, 0.1) is 5.60 Å². The molecule has 0 aliphatic heterocycles. The summed E-state index contributed by atoms with van der Waals surface area (Å²) >= 11 is 1.40. The zero-order valence-electron chi connectivity index (χ0n) is 8.09. The molecule has 14 heavy (non-hydrogen) atoms. The van der Waals surface area contributed by atoms with Crippen LogP contribution in [0.2, 0.25) is 0 Å². The maximum absolute atomic E-state index is 13.3. The van der Waals surface area contributed by atoms with Crippen molar-refractivity contribution in [3.63, 3.8) is 0 Å². The fourth-order valence-electron chi connectivity index (χ4n) is 1.52. The van der Waals surface area contributed by atoms with Gasteiger partial charge < -0.3 is 5.11 Å². The minimum Gasteiger partial charge on any atom is -0.390 e. The van der Waals surface area contributed by atoms with Crippen LogP contribution in [-0.4, -0.2) is 17.0 Å². The highest BCUT2D eigenvalue weighted by molar-refractivity contribution is 7.98. The molecule has 0 radical (unpaired) electrons. The number of aliphatic hydroxyl groups is 1. The number of benzene rings is 1. The second-order valence-corrected chi connectivity index (χ2v) is 4.72. The van der Waals surface area contributed by atoms with Crippen LogP contribution in [0.4, 0.5) is 4.39 Å². The van der Waals surface area contributed by atoms with Crippen molar-refractivity contribution in [2.45, 2.75) is 29.8 Å². The Morgan fingerprint density at radius 1 is 1.50 bits per heavy atom. The minimum atomic E-state index is -0.534. The van der Waals surface area contributed by atoms with Crippen LogP contribution in [0.3, 0.4) is 0 Å². The molecule has 0 saturated heterocycles. The van der Waals surface area contributed by atoms with Gasteiger partial charge in [0.2, 0.25) is 0 Å². The third kappa shape index (κ3) is 2.10. The van der Waals surface area contributed by atoms with Gasteiger partial charge in [-0.05, 0) is 36.8 Å². The average molecular weight is 212 g/mol. The third-order valence-electron chi connectivity index (χ3n) is 2.58. The monoisotopic (exact) mass is 212 g/mol. The highest BCUT2D eigenvalue weighted by Gasteiger charge is 2.40. The molecular formula is C11H13FOS. The van der Waals surface area contributed by atoms with Gasteiger partial charge in [0.15, 0.2) is 0 Å². The summed E-state index contributed by atoms with van der Waals surface area (Å²) in [6.07, 6.45) is 4.13. The summed E-state index contributed by atoms with van der Waals surface area (Å²) in [7, 11) is 0. The van der Waals surface area contributed by atoms with Gasteiger partial charge in [-0.3, -0.25) is 0 Å². The normalized spacial score (nSPS) is 18.2. The molecule has 1 nitrogen and oxygen atoms in total. The Morgan fingerprint density at radius 3 is 2.71 bits per heavy atom. The molecule has 0 amide bonds. The van der Waals surface area contributed by atoms with E-state index in [0.29, 0.717) is 11.3 Å². The molecule has 1 aliphatic carbocycles. The van der Waals surface area contributed by atoms with E-state index < -0.39 is 5.60 Å². The van der Waals surface area contributed by atoms with Crippen molar-refractivity contribution in [3.8, 4) is 0 Å². The summed E-state index contributed by atoms with van der Waals surface area (Å²) in [6.45, 7) is 0. The van der Waals surface area contributed by atoms with Crippen molar-refractivity contribution in [2.75, 3.05) is 6.26 Å². The summed E-state index contributed by atoms with van der Waals surface area (Å²) in [4.78, 5) is 0.663. The van der Waals surface area contributed by atoms with E-state index in [2.05, 4.69) is 0 Å². The predicted octanol–water partition coefficient (Wildman–Crippen LogP) is 2.62. The molecule has 3 heteroatoms. The number of hydrogen-bond acceptors (Lipinski definition) is 2. The molecule has 76 valence electrons. The van der Waals surface area contributed by atoms with E-state index in [0.717, 1.165) is 18.4 Å². The molecule has 1 aromatic carbocycles. The first kappa shape index (κ1) is 9.99. The van der Waals surface area contributed by atoms with E-state index in [1.165, 1.54) is 17.8 Å². The minimum absolute atomic E-state index is 0.181. The zero-order valence-corrected chi connectivity index (χ0v) is 8.90. The molecule has 0 unspecified atom stereocenters. The van der Waals surface area contributed by atoms with Gasteiger partial charge in [0.1, 0.15) is 5.82 Å². The average Bonchev–Trinajstić information content (AvgIpc) is 2.84. The Balaban J connectivity index is 2.15. The van der Waals surface area contributed by atoms with Gasteiger partial charge in [-0.25, -0.2) is 4.39 Å². The van der Waals surface area contributed by atoms with Crippen molar-refractivity contribution >= 4 is 11.8 Å². The molecule has 0 aromatic heterocycles.